The molecule has 2 heterocycles. The second kappa shape index (κ2) is 8.74. The molecule has 2 aliphatic rings. The summed E-state index contributed by atoms with van der Waals surface area (Å²) in [5.41, 5.74) is 5.92. The van der Waals surface area contributed by atoms with Gasteiger partial charge in [0.1, 0.15) is 0 Å². The van der Waals surface area contributed by atoms with Crippen LogP contribution in [0.25, 0.3) is 10.9 Å². The third-order valence-corrected chi connectivity index (χ3v) is 7.09. The Kier molecular flexibility index (Phi) is 5.90. The summed E-state index contributed by atoms with van der Waals surface area (Å²) in [7, 11) is 0. The van der Waals surface area contributed by atoms with Crippen molar-refractivity contribution < 1.29 is 23.1 Å². The number of aryl methyl sites for hydroxylation is 1. The standard InChI is InChI=1S/C26H28F3N3O2/c1-16-12-21(17-2-3-17)22(20-8-9-30-24(16)20)13-32-11-10-31(15-26(27,28)29)14-23(32)18-4-6-19(7-5-18)25(33)34/h4-9,12,17,23,30H,2-3,10-11,13-15H2,1H3,(H,33,34)/t23-/m0/s1. The minimum atomic E-state index is -4.26. The first-order chi connectivity index (χ1) is 16.2. The first kappa shape index (κ1) is 22.9. The molecule has 5 nitrogen and oxygen atoms in total. The van der Waals surface area contributed by atoms with Crippen LogP contribution < -0.4 is 0 Å². The van der Waals surface area contributed by atoms with Gasteiger partial charge in [0.2, 0.25) is 0 Å². The van der Waals surface area contributed by atoms with Crippen molar-refractivity contribution in [3.05, 3.63) is 70.4 Å². The van der Waals surface area contributed by atoms with Crippen LogP contribution in [0.5, 0.6) is 0 Å². The van der Waals surface area contributed by atoms with Crippen molar-refractivity contribution in [3.63, 3.8) is 0 Å². The van der Waals surface area contributed by atoms with E-state index in [0.29, 0.717) is 25.6 Å². The van der Waals surface area contributed by atoms with Crippen LogP contribution in [0.15, 0.2) is 42.6 Å². The minimum absolute atomic E-state index is 0.168. The van der Waals surface area contributed by atoms with E-state index in [9.17, 15) is 23.1 Å². The first-order valence-corrected chi connectivity index (χ1v) is 11.7. The lowest BCUT2D eigenvalue weighted by atomic mass is 9.94. The van der Waals surface area contributed by atoms with Crippen molar-refractivity contribution in [3.8, 4) is 0 Å². The number of rotatable bonds is 6. The Balaban J connectivity index is 1.49. The molecule has 1 aromatic heterocycles. The van der Waals surface area contributed by atoms with E-state index in [2.05, 4.69) is 28.9 Å². The number of aromatic amines is 1. The number of halogens is 3. The number of carbonyl (C=O) groups is 1. The molecule has 1 aliphatic carbocycles. The largest absolute Gasteiger partial charge is 0.478 e. The number of H-pyrrole nitrogens is 1. The first-order valence-electron chi connectivity index (χ1n) is 11.7. The van der Waals surface area contributed by atoms with Gasteiger partial charge >= 0.3 is 12.1 Å². The summed E-state index contributed by atoms with van der Waals surface area (Å²) < 4.78 is 39.5. The van der Waals surface area contributed by atoms with E-state index in [1.165, 1.54) is 52.0 Å². The maximum absolute atomic E-state index is 13.2. The molecule has 1 saturated heterocycles. The fourth-order valence-corrected chi connectivity index (χ4v) is 5.26. The number of aromatic carboxylic acids is 1. The minimum Gasteiger partial charge on any atom is -0.478 e. The van der Waals surface area contributed by atoms with Crippen LogP contribution in [0.2, 0.25) is 0 Å². The lowest BCUT2D eigenvalue weighted by Gasteiger charge is -2.42. The smallest absolute Gasteiger partial charge is 0.401 e. The Labute approximate surface area is 196 Å². The Hall–Kier alpha value is -2.84. The predicted molar refractivity (Wildman–Crippen MR) is 124 cm³/mol. The summed E-state index contributed by atoms with van der Waals surface area (Å²) in [5, 5.41) is 10.4. The van der Waals surface area contributed by atoms with Crippen LogP contribution in [0, 0.1) is 6.92 Å². The van der Waals surface area contributed by atoms with Gasteiger partial charge in [0.25, 0.3) is 0 Å². The topological polar surface area (TPSA) is 59.6 Å². The zero-order chi connectivity index (χ0) is 24.0. The summed E-state index contributed by atoms with van der Waals surface area (Å²) in [4.78, 5) is 18.3. The van der Waals surface area contributed by atoms with Crippen molar-refractivity contribution in [2.45, 2.75) is 44.4 Å². The van der Waals surface area contributed by atoms with Gasteiger partial charge in [-0.2, -0.15) is 13.2 Å². The predicted octanol–water partition coefficient (Wildman–Crippen LogP) is 5.47. The lowest BCUT2D eigenvalue weighted by molar-refractivity contribution is -0.152. The van der Waals surface area contributed by atoms with E-state index >= 15 is 0 Å². The molecule has 0 amide bonds. The highest BCUT2D eigenvalue weighted by Crippen LogP contribution is 2.45. The fourth-order valence-electron chi connectivity index (χ4n) is 5.26. The second-order valence-corrected chi connectivity index (χ2v) is 9.57. The average Bonchev–Trinajstić information content (AvgIpc) is 3.51. The number of fused-ring (bicyclic) bond motifs is 1. The van der Waals surface area contributed by atoms with Crippen LogP contribution in [-0.4, -0.2) is 58.2 Å². The van der Waals surface area contributed by atoms with Gasteiger partial charge in [-0.3, -0.25) is 9.80 Å². The highest BCUT2D eigenvalue weighted by Gasteiger charge is 2.37. The number of alkyl halides is 3. The number of carboxylic acids is 1. The van der Waals surface area contributed by atoms with E-state index in [1.54, 1.807) is 12.1 Å². The Morgan fingerprint density at radius 3 is 2.53 bits per heavy atom. The molecule has 2 aromatic carbocycles. The molecule has 1 atom stereocenters. The summed E-state index contributed by atoms with van der Waals surface area (Å²) in [5.74, 6) is -0.470. The van der Waals surface area contributed by atoms with Crippen molar-refractivity contribution in [1.82, 2.24) is 14.8 Å². The molecule has 180 valence electrons. The Morgan fingerprint density at radius 2 is 1.88 bits per heavy atom. The molecule has 1 saturated carbocycles. The second-order valence-electron chi connectivity index (χ2n) is 9.57. The van der Waals surface area contributed by atoms with Crippen molar-refractivity contribution in [2.75, 3.05) is 26.2 Å². The number of nitrogens with zero attached hydrogens (tertiary/aromatic N) is 2. The van der Waals surface area contributed by atoms with Crippen LogP contribution in [0.3, 0.4) is 0 Å². The van der Waals surface area contributed by atoms with Gasteiger partial charge in [0, 0.05) is 49.3 Å². The van der Waals surface area contributed by atoms with E-state index in [1.807, 2.05) is 6.20 Å². The quantitative estimate of drug-likeness (QED) is 0.500. The van der Waals surface area contributed by atoms with Crippen LogP contribution in [0.4, 0.5) is 13.2 Å². The lowest BCUT2D eigenvalue weighted by Crippen LogP contribution is -2.50. The number of carboxylic acid groups (broad SMARTS) is 1. The van der Waals surface area contributed by atoms with E-state index < -0.39 is 18.7 Å². The summed E-state index contributed by atoms with van der Waals surface area (Å²) in [6.07, 6.45) is 0.0259. The molecule has 0 bridgehead atoms. The number of piperazine rings is 1. The van der Waals surface area contributed by atoms with E-state index in [4.69, 9.17) is 0 Å². The van der Waals surface area contributed by atoms with E-state index in [-0.39, 0.29) is 18.2 Å². The van der Waals surface area contributed by atoms with Gasteiger partial charge in [-0.1, -0.05) is 18.2 Å². The number of nitrogens with one attached hydrogen (secondary N) is 1. The number of benzene rings is 2. The average molecular weight is 472 g/mol. The highest BCUT2D eigenvalue weighted by atomic mass is 19.4. The monoisotopic (exact) mass is 471 g/mol. The van der Waals surface area contributed by atoms with Crippen molar-refractivity contribution in [1.29, 1.82) is 0 Å². The van der Waals surface area contributed by atoms with Gasteiger partial charge in [-0.05, 0) is 66.1 Å². The fraction of sp³-hybridized carbons (Fsp3) is 0.423. The molecule has 34 heavy (non-hydrogen) atoms. The molecule has 2 fully saturated rings. The summed E-state index contributed by atoms with van der Waals surface area (Å²) in [6, 6.07) is 10.6. The normalized spacial score (nSPS) is 20.2. The number of hydrogen-bond donors (Lipinski definition) is 2. The van der Waals surface area contributed by atoms with Crippen LogP contribution >= 0.6 is 0 Å². The molecule has 3 aromatic rings. The molecule has 2 N–H and O–H groups in total. The number of aromatic nitrogens is 1. The highest BCUT2D eigenvalue weighted by molar-refractivity contribution is 5.88. The van der Waals surface area contributed by atoms with Crippen LogP contribution in [0.1, 0.15) is 57.4 Å². The third-order valence-electron chi connectivity index (χ3n) is 7.09. The zero-order valence-corrected chi connectivity index (χ0v) is 19.0. The Bertz CT molecular complexity index is 1200. The van der Waals surface area contributed by atoms with Gasteiger partial charge in [0.05, 0.1) is 12.1 Å². The summed E-state index contributed by atoms with van der Waals surface area (Å²) >= 11 is 0. The van der Waals surface area contributed by atoms with E-state index in [0.717, 1.165) is 11.1 Å². The third kappa shape index (κ3) is 4.70. The van der Waals surface area contributed by atoms with Crippen molar-refractivity contribution in [2.24, 2.45) is 0 Å². The molecular weight excluding hydrogens is 443 g/mol. The molecular formula is C26H28F3N3O2. The van der Waals surface area contributed by atoms with Crippen molar-refractivity contribution >= 4 is 16.9 Å². The maximum Gasteiger partial charge on any atom is 0.401 e. The molecule has 5 rings (SSSR count). The zero-order valence-electron chi connectivity index (χ0n) is 19.0. The van der Waals surface area contributed by atoms with Gasteiger partial charge in [-0.25, -0.2) is 4.79 Å². The van der Waals surface area contributed by atoms with Gasteiger partial charge < -0.3 is 10.1 Å². The van der Waals surface area contributed by atoms with Gasteiger partial charge in [0.15, 0.2) is 0 Å². The Morgan fingerprint density at radius 1 is 1.15 bits per heavy atom. The SMILES string of the molecule is Cc1cc(C2CC2)c(CN2CCN(CC(F)(F)F)C[C@H]2c2ccc(C(=O)O)cc2)c2cc[nH]c12. The molecule has 0 unspecified atom stereocenters. The molecule has 1 aliphatic heterocycles. The molecule has 0 spiro atoms. The summed E-state index contributed by atoms with van der Waals surface area (Å²) in [6.45, 7) is 2.90. The molecule has 0 radical (unpaired) electrons. The molecule has 8 heteroatoms. The van der Waals surface area contributed by atoms with Crippen LogP contribution in [-0.2, 0) is 6.54 Å². The van der Waals surface area contributed by atoms with Gasteiger partial charge in [-0.15, -0.1) is 0 Å². The number of hydrogen-bond acceptors (Lipinski definition) is 3. The maximum atomic E-state index is 13.2.